The second-order valence-electron chi connectivity index (χ2n) is 3.31. The van der Waals surface area contributed by atoms with Crippen LogP contribution in [0.4, 0.5) is 13.2 Å². The number of halogens is 3. The molecule has 0 aliphatic carbocycles. The third-order valence-electron chi connectivity index (χ3n) is 2.03. The molecule has 0 bridgehead atoms. The van der Waals surface area contributed by atoms with E-state index in [-0.39, 0.29) is 5.75 Å². The fourth-order valence-electron chi connectivity index (χ4n) is 1.20. The largest absolute Gasteiger partial charge is 0.573 e. The third kappa shape index (κ3) is 4.72. The molecule has 0 amide bonds. The van der Waals surface area contributed by atoms with Gasteiger partial charge < -0.3 is 4.74 Å². The molecule has 92 valence electrons. The monoisotopic (exact) mass is 244 g/mol. The average Bonchev–Trinajstić information content (AvgIpc) is 2.26. The highest BCUT2D eigenvalue weighted by Crippen LogP contribution is 2.23. The molecule has 0 atom stereocenters. The van der Waals surface area contributed by atoms with Gasteiger partial charge in [-0.1, -0.05) is 19.1 Å². The van der Waals surface area contributed by atoms with Crippen LogP contribution in [-0.4, -0.2) is 12.6 Å². The number of carbonyl (C=O) groups is 1. The van der Waals surface area contributed by atoms with E-state index in [1.165, 1.54) is 24.3 Å². The van der Waals surface area contributed by atoms with Crippen molar-refractivity contribution in [3.05, 3.63) is 35.4 Å². The Morgan fingerprint density at radius 1 is 1.29 bits per heavy atom. The summed E-state index contributed by atoms with van der Waals surface area (Å²) in [5.74, 6) is -0.279. The molecule has 0 saturated heterocycles. The molecule has 1 aromatic carbocycles. The minimum absolute atomic E-state index is 0.279. The van der Waals surface area contributed by atoms with Gasteiger partial charge in [0.1, 0.15) is 12.0 Å². The first-order valence-corrected chi connectivity index (χ1v) is 4.96. The van der Waals surface area contributed by atoms with Gasteiger partial charge in [0.25, 0.3) is 0 Å². The number of ether oxygens (including phenoxy) is 1. The predicted molar refractivity (Wildman–Crippen MR) is 57.5 cm³/mol. The average molecular weight is 244 g/mol. The highest BCUT2D eigenvalue weighted by Gasteiger charge is 2.30. The van der Waals surface area contributed by atoms with Gasteiger partial charge >= 0.3 is 6.36 Å². The summed E-state index contributed by atoms with van der Waals surface area (Å²) in [6, 6.07) is 5.33. The zero-order valence-corrected chi connectivity index (χ0v) is 9.12. The Balaban J connectivity index is 2.81. The highest BCUT2D eigenvalue weighted by molar-refractivity contribution is 5.81. The first kappa shape index (κ1) is 13.3. The Morgan fingerprint density at radius 3 is 2.29 bits per heavy atom. The highest BCUT2D eigenvalue weighted by atomic mass is 19.4. The summed E-state index contributed by atoms with van der Waals surface area (Å²) >= 11 is 0. The lowest BCUT2D eigenvalue weighted by Gasteiger charge is -2.08. The Hall–Kier alpha value is -1.78. The van der Waals surface area contributed by atoms with Crippen LogP contribution in [0.2, 0.25) is 0 Å². The molecule has 5 heteroatoms. The zero-order chi connectivity index (χ0) is 12.9. The van der Waals surface area contributed by atoms with Gasteiger partial charge in [0, 0.05) is 0 Å². The van der Waals surface area contributed by atoms with Crippen LogP contribution in [0.1, 0.15) is 18.9 Å². The van der Waals surface area contributed by atoms with Gasteiger partial charge in [-0.25, -0.2) is 0 Å². The molecule has 1 aromatic rings. The van der Waals surface area contributed by atoms with E-state index in [1.54, 1.807) is 6.08 Å². The summed E-state index contributed by atoms with van der Waals surface area (Å²) in [5, 5.41) is 0. The van der Waals surface area contributed by atoms with Crippen LogP contribution in [0.15, 0.2) is 29.8 Å². The van der Waals surface area contributed by atoms with Crippen molar-refractivity contribution in [2.45, 2.75) is 19.7 Å². The number of hydrogen-bond donors (Lipinski definition) is 0. The number of rotatable bonds is 4. The lowest BCUT2D eigenvalue weighted by molar-refractivity contribution is -0.274. The minimum atomic E-state index is -4.69. The number of benzene rings is 1. The summed E-state index contributed by atoms with van der Waals surface area (Å²) in [7, 11) is 0. The molecule has 0 aliphatic rings. The molecule has 2 nitrogen and oxygen atoms in total. The van der Waals surface area contributed by atoms with Crippen molar-refractivity contribution in [2.24, 2.45) is 0 Å². The van der Waals surface area contributed by atoms with Crippen LogP contribution >= 0.6 is 0 Å². The van der Waals surface area contributed by atoms with Crippen LogP contribution in [0.5, 0.6) is 5.75 Å². The first-order valence-electron chi connectivity index (χ1n) is 4.96. The summed E-state index contributed by atoms with van der Waals surface area (Å²) in [4.78, 5) is 10.6. The standard InChI is InChI=1S/C12H11F3O2/c1-2-9(8-16)7-10-3-5-11(6-4-10)17-12(13,14)15/h3-8H,2H2,1H3. The van der Waals surface area contributed by atoms with E-state index in [1.807, 2.05) is 6.92 Å². The zero-order valence-electron chi connectivity index (χ0n) is 9.12. The van der Waals surface area contributed by atoms with E-state index in [0.29, 0.717) is 17.6 Å². The molecule has 0 N–H and O–H groups in total. The van der Waals surface area contributed by atoms with Gasteiger partial charge in [-0.15, -0.1) is 13.2 Å². The Labute approximate surface area is 96.7 Å². The van der Waals surface area contributed by atoms with Gasteiger partial charge in [-0.3, -0.25) is 4.79 Å². The van der Waals surface area contributed by atoms with E-state index >= 15 is 0 Å². The van der Waals surface area contributed by atoms with Crippen molar-refractivity contribution in [1.29, 1.82) is 0 Å². The second kappa shape index (κ2) is 5.52. The molecule has 0 unspecified atom stereocenters. The van der Waals surface area contributed by atoms with Crippen LogP contribution in [0.3, 0.4) is 0 Å². The van der Waals surface area contributed by atoms with Gasteiger partial charge in [0.05, 0.1) is 0 Å². The van der Waals surface area contributed by atoms with Crippen molar-refractivity contribution in [1.82, 2.24) is 0 Å². The summed E-state index contributed by atoms with van der Waals surface area (Å²) < 4.78 is 39.4. The number of carbonyl (C=O) groups excluding carboxylic acids is 1. The normalized spacial score (nSPS) is 12.4. The van der Waals surface area contributed by atoms with Crippen molar-refractivity contribution < 1.29 is 22.7 Å². The van der Waals surface area contributed by atoms with Crippen molar-refractivity contribution in [3.63, 3.8) is 0 Å². The molecule has 0 radical (unpaired) electrons. The van der Waals surface area contributed by atoms with E-state index in [0.717, 1.165) is 6.29 Å². The van der Waals surface area contributed by atoms with Crippen LogP contribution in [0.25, 0.3) is 6.08 Å². The molecule has 0 aromatic heterocycles. The molecular weight excluding hydrogens is 233 g/mol. The maximum atomic E-state index is 11.9. The second-order valence-corrected chi connectivity index (χ2v) is 3.31. The molecule has 0 fully saturated rings. The fourth-order valence-corrected chi connectivity index (χ4v) is 1.20. The lowest BCUT2D eigenvalue weighted by Crippen LogP contribution is -2.16. The van der Waals surface area contributed by atoms with Crippen LogP contribution in [0, 0.1) is 0 Å². The topological polar surface area (TPSA) is 26.3 Å². The summed E-state index contributed by atoms with van der Waals surface area (Å²) in [5.41, 5.74) is 1.23. The van der Waals surface area contributed by atoms with Crippen LogP contribution in [-0.2, 0) is 4.79 Å². The number of aldehydes is 1. The molecule has 0 aliphatic heterocycles. The SMILES string of the molecule is CCC(C=O)=Cc1ccc(OC(F)(F)F)cc1. The van der Waals surface area contributed by atoms with Gasteiger partial charge in [0.2, 0.25) is 0 Å². The quantitative estimate of drug-likeness (QED) is 0.597. The molecule has 0 spiro atoms. The predicted octanol–water partition coefficient (Wildman–Crippen LogP) is 3.58. The summed E-state index contributed by atoms with van der Waals surface area (Å²) in [6.07, 6.45) is -1.77. The van der Waals surface area contributed by atoms with Gasteiger partial charge in [0.15, 0.2) is 0 Å². The Morgan fingerprint density at radius 2 is 1.88 bits per heavy atom. The molecule has 0 saturated carbocycles. The number of allylic oxidation sites excluding steroid dienone is 1. The summed E-state index contributed by atoms with van der Waals surface area (Å²) in [6.45, 7) is 1.82. The Bertz CT molecular complexity index is 405. The lowest BCUT2D eigenvalue weighted by atomic mass is 10.1. The van der Waals surface area contributed by atoms with E-state index < -0.39 is 6.36 Å². The molecule has 1 rings (SSSR count). The van der Waals surface area contributed by atoms with Crippen molar-refractivity contribution in [3.8, 4) is 5.75 Å². The van der Waals surface area contributed by atoms with E-state index in [4.69, 9.17) is 0 Å². The molecule has 17 heavy (non-hydrogen) atoms. The van der Waals surface area contributed by atoms with Crippen LogP contribution < -0.4 is 4.74 Å². The number of hydrogen-bond acceptors (Lipinski definition) is 2. The molecule has 0 heterocycles. The van der Waals surface area contributed by atoms with E-state index in [2.05, 4.69) is 4.74 Å². The van der Waals surface area contributed by atoms with Crippen molar-refractivity contribution >= 4 is 12.4 Å². The maximum absolute atomic E-state index is 11.9. The minimum Gasteiger partial charge on any atom is -0.406 e. The smallest absolute Gasteiger partial charge is 0.406 e. The number of alkyl halides is 3. The van der Waals surface area contributed by atoms with Gasteiger partial charge in [-0.05, 0) is 35.8 Å². The maximum Gasteiger partial charge on any atom is 0.573 e. The van der Waals surface area contributed by atoms with Gasteiger partial charge in [-0.2, -0.15) is 0 Å². The Kier molecular flexibility index (Phi) is 4.31. The fraction of sp³-hybridized carbons (Fsp3) is 0.250. The van der Waals surface area contributed by atoms with Crippen molar-refractivity contribution in [2.75, 3.05) is 0 Å². The van der Waals surface area contributed by atoms with E-state index in [9.17, 15) is 18.0 Å². The third-order valence-corrected chi connectivity index (χ3v) is 2.03. The first-order chi connectivity index (χ1) is 7.94. The molecular formula is C12H11F3O2.